The Bertz CT molecular complexity index is 886. The van der Waals surface area contributed by atoms with Crippen LogP contribution in [-0.4, -0.2) is 77.7 Å². The first-order chi connectivity index (χ1) is 12.9. The van der Waals surface area contributed by atoms with Crippen molar-refractivity contribution >= 4 is 33.6 Å². The number of fused-ring (bicyclic) bond motifs is 1. The molecular formula is C17H20FN3O4S2. The fraction of sp³-hybridized carbons (Fsp3) is 0.529. The van der Waals surface area contributed by atoms with Gasteiger partial charge >= 0.3 is 0 Å². The standard InChI is InChI=1S/C17H20FN3O4S2/c18-13-3-1-2-4-14(13)27(24,25)20-9-7-19(8-10-20)16(23)17-6-5-15(22)21(17)11-12-26-17/h1-4H,5-12H2. The molecule has 0 saturated carbocycles. The molecule has 1 aromatic rings. The normalized spacial score (nSPS) is 26.5. The fourth-order valence-corrected chi connectivity index (χ4v) is 6.91. The molecule has 0 aliphatic carbocycles. The first-order valence-corrected chi connectivity index (χ1v) is 11.3. The number of hydrogen-bond acceptors (Lipinski definition) is 5. The van der Waals surface area contributed by atoms with Gasteiger partial charge in [0.2, 0.25) is 15.9 Å². The Balaban J connectivity index is 1.47. The molecule has 1 unspecified atom stereocenters. The van der Waals surface area contributed by atoms with Crippen LogP contribution in [0.4, 0.5) is 4.39 Å². The molecule has 1 atom stereocenters. The van der Waals surface area contributed by atoms with Crippen molar-refractivity contribution in [1.29, 1.82) is 0 Å². The minimum Gasteiger partial charge on any atom is -0.337 e. The maximum atomic E-state index is 13.9. The van der Waals surface area contributed by atoms with Gasteiger partial charge in [0.05, 0.1) is 0 Å². The number of amides is 2. The molecule has 0 N–H and O–H groups in total. The first-order valence-electron chi connectivity index (χ1n) is 8.85. The van der Waals surface area contributed by atoms with Gasteiger partial charge in [0.25, 0.3) is 5.91 Å². The van der Waals surface area contributed by atoms with Gasteiger partial charge < -0.3 is 9.80 Å². The average Bonchev–Trinajstić information content (AvgIpc) is 3.23. The van der Waals surface area contributed by atoms with Crippen molar-refractivity contribution in [2.75, 3.05) is 38.5 Å². The summed E-state index contributed by atoms with van der Waals surface area (Å²) in [6.07, 6.45) is 0.878. The van der Waals surface area contributed by atoms with Crippen LogP contribution >= 0.6 is 11.8 Å². The minimum atomic E-state index is -3.94. The lowest BCUT2D eigenvalue weighted by molar-refractivity contribution is -0.143. The van der Waals surface area contributed by atoms with Crippen LogP contribution < -0.4 is 0 Å². The topological polar surface area (TPSA) is 78.0 Å². The lowest BCUT2D eigenvalue weighted by atomic mass is 10.1. The number of piperazine rings is 1. The van der Waals surface area contributed by atoms with Crippen molar-refractivity contribution in [2.45, 2.75) is 22.6 Å². The van der Waals surface area contributed by atoms with Gasteiger partial charge in [-0.25, -0.2) is 12.8 Å². The van der Waals surface area contributed by atoms with Crippen molar-refractivity contribution in [1.82, 2.24) is 14.1 Å². The molecule has 3 aliphatic heterocycles. The van der Waals surface area contributed by atoms with E-state index in [-0.39, 0.29) is 42.9 Å². The molecule has 4 rings (SSSR count). The zero-order valence-corrected chi connectivity index (χ0v) is 16.3. The van der Waals surface area contributed by atoms with E-state index in [0.29, 0.717) is 19.4 Å². The maximum Gasteiger partial charge on any atom is 0.259 e. The lowest BCUT2D eigenvalue weighted by Gasteiger charge is -2.39. The highest BCUT2D eigenvalue weighted by Crippen LogP contribution is 2.46. The summed E-state index contributed by atoms with van der Waals surface area (Å²) in [4.78, 5) is 27.3. The second-order valence-corrected chi connectivity index (χ2v) is 10.1. The second kappa shape index (κ2) is 6.75. The highest BCUT2D eigenvalue weighted by molar-refractivity contribution is 8.01. The first kappa shape index (κ1) is 18.7. The van der Waals surface area contributed by atoms with Gasteiger partial charge in [0.1, 0.15) is 10.7 Å². The van der Waals surface area contributed by atoms with Crippen molar-refractivity contribution in [3.8, 4) is 0 Å². The molecule has 3 saturated heterocycles. The van der Waals surface area contributed by atoms with Gasteiger partial charge in [-0.2, -0.15) is 4.31 Å². The van der Waals surface area contributed by atoms with Crippen LogP contribution in [0.2, 0.25) is 0 Å². The molecule has 146 valence electrons. The van der Waals surface area contributed by atoms with E-state index in [1.165, 1.54) is 34.3 Å². The SMILES string of the molecule is O=C1CCC2(C(=O)N3CCN(S(=O)(=O)c4ccccc4F)CC3)SCCN12. The van der Waals surface area contributed by atoms with Gasteiger partial charge in [-0.05, 0) is 18.6 Å². The third-order valence-electron chi connectivity index (χ3n) is 5.39. The van der Waals surface area contributed by atoms with Gasteiger partial charge in [0, 0.05) is 44.9 Å². The molecule has 2 amide bonds. The lowest BCUT2D eigenvalue weighted by Crippen LogP contribution is -2.58. The van der Waals surface area contributed by atoms with Crippen LogP contribution in [0.15, 0.2) is 29.2 Å². The van der Waals surface area contributed by atoms with Crippen LogP contribution in [-0.2, 0) is 19.6 Å². The quantitative estimate of drug-likeness (QED) is 0.730. The summed E-state index contributed by atoms with van der Waals surface area (Å²) in [7, 11) is -3.94. The van der Waals surface area contributed by atoms with Crippen LogP contribution in [0.1, 0.15) is 12.8 Å². The molecule has 0 aromatic heterocycles. The summed E-state index contributed by atoms with van der Waals surface area (Å²) in [5.41, 5.74) is 0. The highest BCUT2D eigenvalue weighted by Gasteiger charge is 2.56. The molecule has 0 radical (unpaired) electrons. The van der Waals surface area contributed by atoms with Crippen LogP contribution in [0.3, 0.4) is 0 Å². The predicted octanol–water partition coefficient (Wildman–Crippen LogP) is 0.724. The molecule has 27 heavy (non-hydrogen) atoms. The van der Waals surface area contributed by atoms with Crippen LogP contribution in [0.25, 0.3) is 0 Å². The molecular weight excluding hydrogens is 393 g/mol. The Labute approximate surface area is 161 Å². The minimum absolute atomic E-state index is 0.00844. The van der Waals surface area contributed by atoms with E-state index < -0.39 is 20.7 Å². The number of benzene rings is 1. The van der Waals surface area contributed by atoms with Crippen molar-refractivity contribution in [2.24, 2.45) is 0 Å². The largest absolute Gasteiger partial charge is 0.337 e. The van der Waals surface area contributed by atoms with E-state index in [1.54, 1.807) is 9.80 Å². The Morgan fingerprint density at radius 2 is 1.81 bits per heavy atom. The maximum absolute atomic E-state index is 13.9. The summed E-state index contributed by atoms with van der Waals surface area (Å²) in [6.45, 7) is 1.26. The number of thioether (sulfide) groups is 1. The van der Waals surface area contributed by atoms with Crippen molar-refractivity contribution in [3.05, 3.63) is 30.1 Å². The number of sulfonamides is 1. The van der Waals surface area contributed by atoms with E-state index >= 15 is 0 Å². The summed E-state index contributed by atoms with van der Waals surface area (Å²) >= 11 is 1.50. The summed E-state index contributed by atoms with van der Waals surface area (Å²) < 4.78 is 40.5. The Kier molecular flexibility index (Phi) is 4.68. The molecule has 3 aliphatic rings. The van der Waals surface area contributed by atoms with Crippen molar-refractivity contribution < 1.29 is 22.4 Å². The van der Waals surface area contributed by atoms with E-state index in [0.717, 1.165) is 11.8 Å². The van der Waals surface area contributed by atoms with E-state index in [9.17, 15) is 22.4 Å². The third kappa shape index (κ3) is 2.94. The zero-order valence-electron chi connectivity index (χ0n) is 14.6. The molecule has 7 nitrogen and oxygen atoms in total. The fourth-order valence-electron chi connectivity index (χ4n) is 3.96. The number of carbonyl (C=O) groups excluding carboxylic acids is 2. The molecule has 3 fully saturated rings. The number of halogens is 1. The zero-order chi connectivity index (χ0) is 19.2. The third-order valence-corrected chi connectivity index (χ3v) is 8.78. The number of rotatable bonds is 3. The van der Waals surface area contributed by atoms with Crippen LogP contribution in [0, 0.1) is 5.82 Å². The van der Waals surface area contributed by atoms with Crippen LogP contribution in [0.5, 0.6) is 0 Å². The van der Waals surface area contributed by atoms with Crippen molar-refractivity contribution in [3.63, 3.8) is 0 Å². The Morgan fingerprint density at radius 1 is 1.11 bits per heavy atom. The van der Waals surface area contributed by atoms with Gasteiger partial charge in [-0.15, -0.1) is 11.8 Å². The van der Waals surface area contributed by atoms with E-state index in [1.807, 2.05) is 0 Å². The summed E-state index contributed by atoms with van der Waals surface area (Å²) in [5.74, 6) is -0.149. The van der Waals surface area contributed by atoms with Gasteiger partial charge in [-0.1, -0.05) is 12.1 Å². The highest BCUT2D eigenvalue weighted by atomic mass is 32.2. The van der Waals surface area contributed by atoms with Gasteiger partial charge in [-0.3, -0.25) is 9.59 Å². The molecule has 1 aromatic carbocycles. The molecule has 3 heterocycles. The Hall–Kier alpha value is -1.65. The van der Waals surface area contributed by atoms with E-state index in [2.05, 4.69) is 0 Å². The summed E-state index contributed by atoms with van der Waals surface area (Å²) in [5, 5.41) is 0. The molecule has 10 heteroatoms. The summed E-state index contributed by atoms with van der Waals surface area (Å²) in [6, 6.07) is 5.29. The monoisotopic (exact) mass is 413 g/mol. The van der Waals surface area contributed by atoms with Gasteiger partial charge in [0.15, 0.2) is 4.87 Å². The smallest absolute Gasteiger partial charge is 0.259 e. The number of hydrogen-bond donors (Lipinski definition) is 0. The Morgan fingerprint density at radius 3 is 2.52 bits per heavy atom. The second-order valence-electron chi connectivity index (χ2n) is 6.80. The number of carbonyl (C=O) groups is 2. The average molecular weight is 413 g/mol. The van der Waals surface area contributed by atoms with E-state index in [4.69, 9.17) is 0 Å². The number of nitrogens with zero attached hydrogens (tertiary/aromatic N) is 3. The predicted molar refractivity (Wildman–Crippen MR) is 97.9 cm³/mol. The molecule has 0 spiro atoms. The molecule has 0 bridgehead atoms.